The highest BCUT2D eigenvalue weighted by Gasteiger charge is 2.33. The summed E-state index contributed by atoms with van der Waals surface area (Å²) in [5, 5.41) is 3.71. The zero-order valence-corrected chi connectivity index (χ0v) is 13.7. The van der Waals surface area contributed by atoms with Gasteiger partial charge in [-0.2, -0.15) is 0 Å². The lowest BCUT2D eigenvalue weighted by Crippen LogP contribution is -2.52. The summed E-state index contributed by atoms with van der Waals surface area (Å²) in [6.07, 6.45) is 6.87. The van der Waals surface area contributed by atoms with Gasteiger partial charge in [-0.05, 0) is 52.4 Å². The minimum absolute atomic E-state index is 0.386. The summed E-state index contributed by atoms with van der Waals surface area (Å²) >= 11 is 1.91. The van der Waals surface area contributed by atoms with Gasteiger partial charge in [-0.3, -0.25) is 0 Å². The predicted octanol–water partition coefficient (Wildman–Crippen LogP) is 3.72. The van der Waals surface area contributed by atoms with E-state index in [0.717, 1.165) is 13.1 Å². The molecule has 0 unspecified atom stereocenters. The van der Waals surface area contributed by atoms with Crippen molar-refractivity contribution in [3.05, 3.63) is 21.4 Å². The molecule has 1 N–H and O–H groups in total. The number of hydrogen-bond acceptors (Lipinski definition) is 3. The molecule has 0 aliphatic heterocycles. The van der Waals surface area contributed by atoms with Crippen LogP contribution >= 0.6 is 11.3 Å². The normalized spacial score (nSPS) is 19.0. The molecule has 0 atom stereocenters. The Bertz CT molecular complexity index is 403. The first-order valence-corrected chi connectivity index (χ1v) is 8.29. The van der Waals surface area contributed by atoms with E-state index in [1.807, 2.05) is 11.3 Å². The van der Waals surface area contributed by atoms with Crippen molar-refractivity contribution in [1.82, 2.24) is 10.2 Å². The van der Waals surface area contributed by atoms with Crippen molar-refractivity contribution in [2.45, 2.75) is 58.0 Å². The van der Waals surface area contributed by atoms with Gasteiger partial charge in [0.2, 0.25) is 0 Å². The third kappa shape index (κ3) is 3.59. The Morgan fingerprint density at radius 2 is 1.89 bits per heavy atom. The van der Waals surface area contributed by atoms with Crippen molar-refractivity contribution in [3.8, 4) is 0 Å². The lowest BCUT2D eigenvalue weighted by Gasteiger charge is -2.43. The maximum absolute atomic E-state index is 3.71. The van der Waals surface area contributed by atoms with Crippen LogP contribution in [0.4, 0.5) is 0 Å². The summed E-state index contributed by atoms with van der Waals surface area (Å²) in [6, 6.07) is 2.33. The van der Waals surface area contributed by atoms with Crippen LogP contribution < -0.4 is 5.32 Å². The average molecular weight is 280 g/mol. The first-order valence-electron chi connectivity index (χ1n) is 7.47. The second-order valence-electron chi connectivity index (χ2n) is 6.22. The molecular formula is C16H28N2S. The molecular weight excluding hydrogens is 252 g/mol. The molecule has 2 nitrogen and oxygen atoms in total. The van der Waals surface area contributed by atoms with Gasteiger partial charge >= 0.3 is 0 Å². The molecule has 1 aromatic rings. The molecule has 3 heteroatoms. The Kier molecular flexibility index (Phi) is 5.04. The number of hydrogen-bond donors (Lipinski definition) is 1. The van der Waals surface area contributed by atoms with Gasteiger partial charge in [-0.15, -0.1) is 11.3 Å². The van der Waals surface area contributed by atoms with Gasteiger partial charge in [-0.1, -0.05) is 19.3 Å². The molecule has 1 aliphatic rings. The van der Waals surface area contributed by atoms with Crippen LogP contribution in [0.2, 0.25) is 0 Å². The lowest BCUT2D eigenvalue weighted by molar-refractivity contribution is 0.0984. The molecule has 2 rings (SSSR count). The second kappa shape index (κ2) is 6.38. The van der Waals surface area contributed by atoms with Gasteiger partial charge in [0.25, 0.3) is 0 Å². The van der Waals surface area contributed by atoms with Crippen molar-refractivity contribution < 1.29 is 0 Å². The van der Waals surface area contributed by atoms with Crippen molar-refractivity contribution in [2.75, 3.05) is 20.6 Å². The van der Waals surface area contributed by atoms with Gasteiger partial charge in [0, 0.05) is 28.4 Å². The van der Waals surface area contributed by atoms with E-state index >= 15 is 0 Å². The Balaban J connectivity index is 1.91. The van der Waals surface area contributed by atoms with E-state index in [9.17, 15) is 0 Å². The van der Waals surface area contributed by atoms with E-state index < -0.39 is 0 Å². The van der Waals surface area contributed by atoms with Crippen molar-refractivity contribution >= 4 is 11.3 Å². The summed E-state index contributed by atoms with van der Waals surface area (Å²) in [6.45, 7) is 6.57. The summed E-state index contributed by atoms with van der Waals surface area (Å²) in [5.74, 6) is 0. The molecule has 0 spiro atoms. The average Bonchev–Trinajstić information content (AvgIpc) is 2.69. The Hall–Kier alpha value is -0.380. The molecule has 19 heavy (non-hydrogen) atoms. The minimum Gasteiger partial charge on any atom is -0.311 e. The molecule has 0 radical (unpaired) electrons. The number of aryl methyl sites for hydroxylation is 2. The Morgan fingerprint density at radius 3 is 2.42 bits per heavy atom. The molecule has 1 aromatic heterocycles. The van der Waals surface area contributed by atoms with Crippen LogP contribution in [-0.4, -0.2) is 31.1 Å². The van der Waals surface area contributed by atoms with Gasteiger partial charge in [0.1, 0.15) is 0 Å². The molecule has 0 amide bonds. The van der Waals surface area contributed by atoms with Crippen LogP contribution in [0.1, 0.15) is 47.4 Å². The first-order chi connectivity index (χ1) is 9.03. The molecule has 1 heterocycles. The van der Waals surface area contributed by atoms with Crippen molar-refractivity contribution in [2.24, 2.45) is 0 Å². The van der Waals surface area contributed by atoms with Gasteiger partial charge in [0.15, 0.2) is 0 Å². The first kappa shape index (κ1) is 15.0. The molecule has 1 fully saturated rings. The Morgan fingerprint density at radius 1 is 1.21 bits per heavy atom. The smallest absolute Gasteiger partial charge is 0.0328 e. The van der Waals surface area contributed by atoms with Crippen LogP contribution in [0.5, 0.6) is 0 Å². The highest BCUT2D eigenvalue weighted by molar-refractivity contribution is 7.12. The third-order valence-electron chi connectivity index (χ3n) is 4.65. The van der Waals surface area contributed by atoms with E-state index in [0.29, 0.717) is 5.54 Å². The van der Waals surface area contributed by atoms with Gasteiger partial charge in [-0.25, -0.2) is 0 Å². The number of nitrogens with zero attached hydrogens (tertiary/aromatic N) is 1. The van der Waals surface area contributed by atoms with E-state index in [2.05, 4.69) is 44.2 Å². The summed E-state index contributed by atoms with van der Waals surface area (Å²) in [7, 11) is 4.49. The number of rotatable bonds is 5. The zero-order chi connectivity index (χ0) is 13.9. The number of nitrogens with one attached hydrogen (secondary N) is 1. The summed E-state index contributed by atoms with van der Waals surface area (Å²) < 4.78 is 0. The molecule has 1 saturated carbocycles. The highest BCUT2D eigenvalue weighted by atomic mass is 32.1. The predicted molar refractivity (Wildman–Crippen MR) is 85.0 cm³/mol. The van der Waals surface area contributed by atoms with Crippen LogP contribution in [0.3, 0.4) is 0 Å². The fourth-order valence-electron chi connectivity index (χ4n) is 3.28. The van der Waals surface area contributed by atoms with E-state index in [1.165, 1.54) is 47.4 Å². The maximum Gasteiger partial charge on any atom is 0.0328 e. The Labute approximate surface area is 122 Å². The van der Waals surface area contributed by atoms with Crippen LogP contribution in [0.25, 0.3) is 0 Å². The van der Waals surface area contributed by atoms with E-state index in [-0.39, 0.29) is 0 Å². The zero-order valence-electron chi connectivity index (χ0n) is 12.9. The summed E-state index contributed by atoms with van der Waals surface area (Å²) in [5.41, 5.74) is 1.87. The number of thiophene rings is 1. The molecule has 0 bridgehead atoms. The topological polar surface area (TPSA) is 15.3 Å². The minimum atomic E-state index is 0.386. The fraction of sp³-hybridized carbons (Fsp3) is 0.750. The van der Waals surface area contributed by atoms with E-state index in [4.69, 9.17) is 0 Å². The third-order valence-corrected chi connectivity index (χ3v) is 5.65. The maximum atomic E-state index is 3.71. The van der Waals surface area contributed by atoms with Crippen LogP contribution in [0.15, 0.2) is 6.07 Å². The summed E-state index contributed by atoms with van der Waals surface area (Å²) in [4.78, 5) is 5.34. The molecule has 0 saturated heterocycles. The molecule has 0 aromatic carbocycles. The quantitative estimate of drug-likeness (QED) is 0.884. The largest absolute Gasteiger partial charge is 0.311 e. The van der Waals surface area contributed by atoms with Crippen molar-refractivity contribution in [1.29, 1.82) is 0 Å². The fourth-order valence-corrected chi connectivity index (χ4v) is 4.23. The van der Waals surface area contributed by atoms with Crippen LogP contribution in [0, 0.1) is 13.8 Å². The molecule has 108 valence electrons. The highest BCUT2D eigenvalue weighted by Crippen LogP contribution is 2.31. The standard InChI is InChI=1S/C16H28N2S/c1-13-10-15(14(2)19-13)11-17-12-16(18(3)4)8-6-5-7-9-16/h10,17H,5-9,11-12H2,1-4H3. The second-order valence-corrected chi connectivity index (χ2v) is 7.68. The van der Waals surface area contributed by atoms with E-state index in [1.54, 1.807) is 0 Å². The monoisotopic (exact) mass is 280 g/mol. The SMILES string of the molecule is Cc1cc(CNCC2(N(C)C)CCCCC2)c(C)s1. The number of likely N-dealkylation sites (N-methyl/N-ethyl adjacent to an activating group) is 1. The molecule has 1 aliphatic carbocycles. The van der Waals surface area contributed by atoms with Crippen LogP contribution in [-0.2, 0) is 6.54 Å². The van der Waals surface area contributed by atoms with Crippen molar-refractivity contribution in [3.63, 3.8) is 0 Å². The lowest BCUT2D eigenvalue weighted by atomic mass is 9.80. The van der Waals surface area contributed by atoms with Gasteiger partial charge in [0.05, 0.1) is 0 Å². The van der Waals surface area contributed by atoms with Gasteiger partial charge < -0.3 is 10.2 Å².